The fraction of sp³-hybridized carbons (Fsp3) is 0.533. The third kappa shape index (κ3) is 13.8. The molecule has 5 rings (SSSR count). The van der Waals surface area contributed by atoms with Crippen LogP contribution in [0.15, 0.2) is 54.6 Å². The zero-order valence-corrected chi connectivity index (χ0v) is 37.9. The Morgan fingerprint density at radius 2 is 1.50 bits per heavy atom. The molecule has 1 amide bonds. The highest BCUT2D eigenvalue weighted by Gasteiger charge is 2.61. The summed E-state index contributed by atoms with van der Waals surface area (Å²) in [5.74, 6) is -4.29. The molecule has 19 heteroatoms. The van der Waals surface area contributed by atoms with E-state index in [4.69, 9.17) is 70.6 Å². The molecule has 0 bridgehead atoms. The molecule has 0 saturated carbocycles. The van der Waals surface area contributed by atoms with Crippen LogP contribution in [0, 0.1) is 28.4 Å². The van der Waals surface area contributed by atoms with Crippen molar-refractivity contribution in [1.29, 1.82) is 5.26 Å². The number of anilines is 1. The number of halogens is 4. The number of carbonyl (C=O) groups excluding carboxylic acids is 2. The van der Waals surface area contributed by atoms with E-state index in [0.29, 0.717) is 59.5 Å². The lowest BCUT2D eigenvalue weighted by molar-refractivity contribution is -0.118. The van der Waals surface area contributed by atoms with E-state index < -0.39 is 71.7 Å². The highest BCUT2D eigenvalue weighted by Crippen LogP contribution is 2.53. The predicted molar refractivity (Wildman–Crippen MR) is 230 cm³/mol. The third-order valence-corrected chi connectivity index (χ3v) is 10.8. The fourth-order valence-electron chi connectivity index (χ4n) is 7.38. The monoisotopic (exact) mass is 937 g/mol. The third-order valence-electron chi connectivity index (χ3n) is 10.3. The highest BCUT2D eigenvalue weighted by molar-refractivity contribution is 6.31. The van der Waals surface area contributed by atoms with Crippen LogP contribution >= 0.6 is 23.2 Å². The van der Waals surface area contributed by atoms with E-state index >= 15 is 8.78 Å². The fourth-order valence-corrected chi connectivity index (χ4v) is 7.72. The smallest absolute Gasteiger partial charge is 0.340 e. The van der Waals surface area contributed by atoms with Crippen LogP contribution in [-0.2, 0) is 52.8 Å². The number of ether oxygens (including phenoxy) is 10. The van der Waals surface area contributed by atoms with Gasteiger partial charge in [0.25, 0.3) is 0 Å². The van der Waals surface area contributed by atoms with E-state index in [1.54, 1.807) is 7.11 Å². The molecule has 2 aliphatic rings. The number of amides is 1. The quantitative estimate of drug-likeness (QED) is 0.0373. The number of hydrogen-bond acceptors (Lipinski definition) is 14. The van der Waals surface area contributed by atoms with Crippen LogP contribution < -0.4 is 15.4 Å². The summed E-state index contributed by atoms with van der Waals surface area (Å²) in [5, 5.41) is 17.1. The summed E-state index contributed by atoms with van der Waals surface area (Å²) in [7, 11) is 2.96. The largest absolute Gasteiger partial charge is 0.495 e. The van der Waals surface area contributed by atoms with Gasteiger partial charge in [0.05, 0.1) is 102 Å². The molecule has 0 aliphatic carbocycles. The first-order chi connectivity index (χ1) is 30.7. The van der Waals surface area contributed by atoms with Gasteiger partial charge in [-0.15, -0.1) is 0 Å². The molecule has 2 unspecified atom stereocenters. The molecule has 0 aromatic heterocycles. The van der Waals surface area contributed by atoms with Crippen molar-refractivity contribution in [1.82, 2.24) is 5.32 Å². The minimum atomic E-state index is -1.82. The first-order valence-electron chi connectivity index (χ1n) is 20.7. The Balaban J connectivity index is 1.14. The standard InChI is InChI=1S/C45H55Cl2F2N3O12/c1-44(2,3)25-36-45(26-50,31-11-10-29(46)24-33(31)48)37(30-7-6-8-32(47)38(30)49)39(52-36)40(53)51-34-12-9-28(23-35(34)56-5)41(54)62-27-63-43-42(64-43)61-22-21-60-20-19-59-18-17-58-16-15-57-14-13-55-4/h6-12,23-24,36-37,39,42-43,52H,13-22,25,27H2,1-5H3,(H,51,53)/t36-,37-,39+,42?,43?,45-/m0/s1. The van der Waals surface area contributed by atoms with Gasteiger partial charge in [0.1, 0.15) is 22.8 Å². The molecular weight excluding hydrogens is 883 g/mol. The van der Waals surface area contributed by atoms with Gasteiger partial charge < -0.3 is 58.0 Å². The van der Waals surface area contributed by atoms with Gasteiger partial charge in [-0.05, 0) is 53.8 Å². The average Bonchev–Trinajstić information content (AvgIpc) is 3.93. The van der Waals surface area contributed by atoms with Crippen molar-refractivity contribution in [3.05, 3.63) is 93.0 Å². The van der Waals surface area contributed by atoms with Crippen LogP contribution in [0.1, 0.15) is 54.6 Å². The number of carbonyl (C=O) groups is 2. The number of nitriles is 1. The van der Waals surface area contributed by atoms with Crippen LogP contribution in [-0.4, -0.2) is 124 Å². The normalized spacial score (nSPS) is 21.7. The molecule has 15 nitrogen and oxygen atoms in total. The van der Waals surface area contributed by atoms with E-state index in [0.717, 1.165) is 6.07 Å². The van der Waals surface area contributed by atoms with E-state index in [2.05, 4.69) is 16.7 Å². The summed E-state index contributed by atoms with van der Waals surface area (Å²) in [6, 6.07) is 12.6. The molecule has 0 spiro atoms. The second-order valence-corrected chi connectivity index (χ2v) is 16.8. The molecule has 64 heavy (non-hydrogen) atoms. The summed E-state index contributed by atoms with van der Waals surface area (Å²) in [6.45, 7) is 9.63. The van der Waals surface area contributed by atoms with Crippen molar-refractivity contribution in [3.8, 4) is 11.8 Å². The molecule has 350 valence electrons. The highest BCUT2D eigenvalue weighted by atomic mass is 35.5. The van der Waals surface area contributed by atoms with Crippen LogP contribution in [0.3, 0.4) is 0 Å². The maximum absolute atomic E-state index is 16.1. The van der Waals surface area contributed by atoms with Gasteiger partial charge in [0, 0.05) is 29.7 Å². The van der Waals surface area contributed by atoms with Gasteiger partial charge in [-0.25, -0.2) is 13.6 Å². The van der Waals surface area contributed by atoms with E-state index in [9.17, 15) is 14.9 Å². The summed E-state index contributed by atoms with van der Waals surface area (Å²) < 4.78 is 85.7. The molecule has 2 heterocycles. The number of hydrogen-bond donors (Lipinski definition) is 2. The molecule has 2 aliphatic heterocycles. The summed E-state index contributed by atoms with van der Waals surface area (Å²) in [5.41, 5.74) is -2.15. The summed E-state index contributed by atoms with van der Waals surface area (Å²) in [4.78, 5) is 27.4. The topological polar surface area (TPSA) is 178 Å². The van der Waals surface area contributed by atoms with Gasteiger partial charge in [-0.3, -0.25) is 4.79 Å². The van der Waals surface area contributed by atoms with Crippen molar-refractivity contribution in [2.24, 2.45) is 5.41 Å². The van der Waals surface area contributed by atoms with Crippen molar-refractivity contribution in [2.75, 3.05) is 92.4 Å². The second kappa shape index (κ2) is 24.5. The number of methoxy groups -OCH3 is 2. The van der Waals surface area contributed by atoms with Gasteiger partial charge in [-0.2, -0.15) is 5.26 Å². The summed E-state index contributed by atoms with van der Waals surface area (Å²) >= 11 is 12.4. The Morgan fingerprint density at radius 3 is 2.11 bits per heavy atom. The number of rotatable bonds is 26. The number of nitrogens with one attached hydrogen (secondary N) is 2. The molecule has 6 atom stereocenters. The van der Waals surface area contributed by atoms with Crippen molar-refractivity contribution >= 4 is 40.8 Å². The zero-order chi connectivity index (χ0) is 46.3. The number of nitrogens with zero attached hydrogens (tertiary/aromatic N) is 1. The minimum Gasteiger partial charge on any atom is -0.495 e. The number of benzene rings is 3. The average molecular weight is 939 g/mol. The second-order valence-electron chi connectivity index (χ2n) is 16.0. The van der Waals surface area contributed by atoms with Crippen LogP contribution in [0.5, 0.6) is 5.75 Å². The molecule has 0 radical (unpaired) electrons. The number of esters is 1. The van der Waals surface area contributed by atoms with E-state index in [1.807, 2.05) is 20.8 Å². The van der Waals surface area contributed by atoms with E-state index in [1.165, 1.54) is 55.6 Å². The Kier molecular flexibility index (Phi) is 19.5. The summed E-state index contributed by atoms with van der Waals surface area (Å²) in [6.07, 6.45) is -1.10. The molecular formula is C45H55Cl2F2N3O12. The predicted octanol–water partition coefficient (Wildman–Crippen LogP) is 6.78. The van der Waals surface area contributed by atoms with Crippen LogP contribution in [0.2, 0.25) is 10.0 Å². The zero-order valence-electron chi connectivity index (χ0n) is 36.4. The minimum absolute atomic E-state index is 0.0561. The SMILES string of the molecule is COCCOCCOCCOCCOCCOC1OC1OCOC(=O)c1ccc(NC(=O)[C@@H]2N[C@@H](CC(C)(C)C)[C@](C#N)(c3ccc(Cl)cc3F)[C@H]2c2cccc(Cl)c2F)c(OC)c1. The number of epoxide rings is 1. The lowest BCUT2D eigenvalue weighted by atomic mass is 9.62. The molecule has 2 saturated heterocycles. The molecule has 3 aromatic carbocycles. The lowest BCUT2D eigenvalue weighted by Crippen LogP contribution is -2.45. The van der Waals surface area contributed by atoms with Gasteiger partial charge in [0.15, 0.2) is 6.79 Å². The first-order valence-corrected chi connectivity index (χ1v) is 21.4. The van der Waals surface area contributed by atoms with Crippen molar-refractivity contribution < 1.29 is 65.7 Å². The van der Waals surface area contributed by atoms with Crippen molar-refractivity contribution in [2.45, 2.75) is 63.2 Å². The maximum atomic E-state index is 16.1. The Labute approximate surface area is 381 Å². The Morgan fingerprint density at radius 1 is 0.859 bits per heavy atom. The van der Waals surface area contributed by atoms with Crippen LogP contribution in [0.4, 0.5) is 14.5 Å². The first kappa shape index (κ1) is 51.0. The Bertz CT molecular complexity index is 2060. The lowest BCUT2D eigenvalue weighted by Gasteiger charge is -2.37. The van der Waals surface area contributed by atoms with Gasteiger partial charge in [-0.1, -0.05) is 62.2 Å². The molecule has 2 N–H and O–H groups in total. The molecule has 2 fully saturated rings. The van der Waals surface area contributed by atoms with Gasteiger partial charge >= 0.3 is 5.97 Å². The van der Waals surface area contributed by atoms with E-state index in [-0.39, 0.29) is 51.2 Å². The Hall–Kier alpha value is -4.03. The van der Waals surface area contributed by atoms with Gasteiger partial charge in [0.2, 0.25) is 18.5 Å². The van der Waals surface area contributed by atoms with Crippen LogP contribution in [0.25, 0.3) is 0 Å². The maximum Gasteiger partial charge on any atom is 0.340 e. The molecule has 3 aromatic rings. The van der Waals surface area contributed by atoms with Crippen molar-refractivity contribution in [3.63, 3.8) is 0 Å².